The highest BCUT2D eigenvalue weighted by Gasteiger charge is 2.27. The third kappa shape index (κ3) is 4.25. The van der Waals surface area contributed by atoms with Gasteiger partial charge in [-0.1, -0.05) is 38.0 Å². The summed E-state index contributed by atoms with van der Waals surface area (Å²) in [6.07, 6.45) is 4.24. The molecule has 20 heavy (non-hydrogen) atoms. The highest BCUT2D eigenvalue weighted by Crippen LogP contribution is 2.26. The van der Waals surface area contributed by atoms with Crippen molar-refractivity contribution in [2.45, 2.75) is 61.3 Å². The first-order chi connectivity index (χ1) is 9.70. The summed E-state index contributed by atoms with van der Waals surface area (Å²) in [7, 11) is 0. The molecule has 0 aromatic heterocycles. The summed E-state index contributed by atoms with van der Waals surface area (Å²) in [5.41, 5.74) is 0. The van der Waals surface area contributed by atoms with E-state index in [9.17, 15) is 9.90 Å². The zero-order chi connectivity index (χ0) is 14.4. The molecule has 0 heterocycles. The number of thioether (sulfide) groups is 1. The first-order valence-electron chi connectivity index (χ1n) is 7.41. The van der Waals surface area contributed by atoms with Crippen molar-refractivity contribution >= 4 is 17.7 Å². The van der Waals surface area contributed by atoms with Crippen LogP contribution in [-0.2, 0) is 4.79 Å². The summed E-state index contributed by atoms with van der Waals surface area (Å²) in [6.45, 7) is 2.03. The SMILES string of the molecule is CCC(Sc1ccccc1)C(=O)NC1CCCCC1O. The molecule has 110 valence electrons. The summed E-state index contributed by atoms with van der Waals surface area (Å²) < 4.78 is 0. The van der Waals surface area contributed by atoms with E-state index in [1.54, 1.807) is 11.8 Å². The van der Waals surface area contributed by atoms with Gasteiger partial charge in [-0.05, 0) is 31.4 Å². The van der Waals surface area contributed by atoms with E-state index < -0.39 is 0 Å². The van der Waals surface area contributed by atoms with Crippen molar-refractivity contribution in [3.8, 4) is 0 Å². The van der Waals surface area contributed by atoms with Crippen molar-refractivity contribution in [1.82, 2.24) is 5.32 Å². The molecule has 0 bridgehead atoms. The molecule has 0 spiro atoms. The molecular weight excluding hydrogens is 270 g/mol. The number of aliphatic hydroxyl groups excluding tert-OH is 1. The summed E-state index contributed by atoms with van der Waals surface area (Å²) in [5, 5.41) is 12.9. The number of aliphatic hydroxyl groups is 1. The average Bonchev–Trinajstić information content (AvgIpc) is 2.48. The Bertz CT molecular complexity index is 424. The minimum atomic E-state index is -0.382. The maximum absolute atomic E-state index is 12.3. The summed E-state index contributed by atoms with van der Waals surface area (Å²) in [4.78, 5) is 13.5. The van der Waals surface area contributed by atoms with Gasteiger partial charge in [0.25, 0.3) is 0 Å². The third-order valence-electron chi connectivity index (χ3n) is 3.74. The van der Waals surface area contributed by atoms with Crippen LogP contribution in [0.4, 0.5) is 0 Å². The van der Waals surface area contributed by atoms with E-state index in [-0.39, 0.29) is 23.3 Å². The minimum absolute atomic E-state index is 0.0484. The highest BCUT2D eigenvalue weighted by atomic mass is 32.2. The van der Waals surface area contributed by atoms with Crippen LogP contribution in [0, 0.1) is 0 Å². The average molecular weight is 293 g/mol. The summed E-state index contributed by atoms with van der Waals surface area (Å²) in [6, 6.07) is 9.92. The van der Waals surface area contributed by atoms with Gasteiger partial charge in [-0.25, -0.2) is 0 Å². The van der Waals surface area contributed by atoms with E-state index in [2.05, 4.69) is 5.32 Å². The summed E-state index contributed by atoms with van der Waals surface area (Å²) >= 11 is 1.59. The minimum Gasteiger partial charge on any atom is -0.391 e. The Labute approximate surface area is 125 Å². The van der Waals surface area contributed by atoms with Gasteiger partial charge >= 0.3 is 0 Å². The van der Waals surface area contributed by atoms with Gasteiger partial charge in [0, 0.05) is 4.90 Å². The number of amides is 1. The molecule has 1 aliphatic carbocycles. The lowest BCUT2D eigenvalue weighted by Gasteiger charge is -2.29. The fourth-order valence-electron chi connectivity index (χ4n) is 2.54. The molecule has 4 heteroatoms. The van der Waals surface area contributed by atoms with Gasteiger partial charge in [-0.3, -0.25) is 4.79 Å². The van der Waals surface area contributed by atoms with Crippen molar-refractivity contribution in [3.63, 3.8) is 0 Å². The van der Waals surface area contributed by atoms with Crippen LogP contribution in [-0.4, -0.2) is 28.4 Å². The predicted molar refractivity (Wildman–Crippen MR) is 82.8 cm³/mol. The molecule has 0 saturated heterocycles. The Kier molecular flexibility index (Phi) is 5.92. The number of benzene rings is 1. The lowest BCUT2D eigenvalue weighted by molar-refractivity contribution is -0.122. The van der Waals surface area contributed by atoms with Crippen LogP contribution in [0.5, 0.6) is 0 Å². The second-order valence-electron chi connectivity index (χ2n) is 5.29. The number of nitrogens with one attached hydrogen (secondary N) is 1. The van der Waals surface area contributed by atoms with E-state index in [4.69, 9.17) is 0 Å². The van der Waals surface area contributed by atoms with Gasteiger partial charge in [0.1, 0.15) is 0 Å². The fourth-order valence-corrected chi connectivity index (χ4v) is 3.53. The lowest BCUT2D eigenvalue weighted by atomic mass is 9.92. The first kappa shape index (κ1) is 15.4. The maximum Gasteiger partial charge on any atom is 0.233 e. The van der Waals surface area contributed by atoms with E-state index in [0.29, 0.717) is 0 Å². The van der Waals surface area contributed by atoms with Crippen molar-refractivity contribution < 1.29 is 9.90 Å². The molecule has 1 fully saturated rings. The van der Waals surface area contributed by atoms with Gasteiger partial charge < -0.3 is 10.4 Å². The molecule has 1 aliphatic rings. The van der Waals surface area contributed by atoms with Crippen molar-refractivity contribution in [1.29, 1.82) is 0 Å². The molecule has 1 saturated carbocycles. The number of hydrogen-bond donors (Lipinski definition) is 2. The van der Waals surface area contributed by atoms with Crippen LogP contribution < -0.4 is 5.32 Å². The Morgan fingerprint density at radius 1 is 1.35 bits per heavy atom. The number of rotatable bonds is 5. The monoisotopic (exact) mass is 293 g/mol. The molecule has 3 nitrogen and oxygen atoms in total. The van der Waals surface area contributed by atoms with Crippen molar-refractivity contribution in [2.24, 2.45) is 0 Å². The molecule has 1 amide bonds. The first-order valence-corrected chi connectivity index (χ1v) is 8.29. The quantitative estimate of drug-likeness (QED) is 0.821. The Hall–Kier alpha value is -1.00. The molecule has 1 aromatic carbocycles. The van der Waals surface area contributed by atoms with E-state index in [0.717, 1.165) is 37.0 Å². The molecule has 1 aromatic rings. The third-order valence-corrected chi connectivity index (χ3v) is 5.12. The smallest absolute Gasteiger partial charge is 0.233 e. The maximum atomic E-state index is 12.3. The van der Waals surface area contributed by atoms with Crippen LogP contribution in [0.25, 0.3) is 0 Å². The number of carbonyl (C=O) groups excluding carboxylic acids is 1. The van der Waals surface area contributed by atoms with Crippen LogP contribution in [0.15, 0.2) is 35.2 Å². The zero-order valence-corrected chi connectivity index (χ0v) is 12.7. The largest absolute Gasteiger partial charge is 0.391 e. The van der Waals surface area contributed by atoms with E-state index >= 15 is 0 Å². The highest BCUT2D eigenvalue weighted by molar-refractivity contribution is 8.00. The topological polar surface area (TPSA) is 49.3 Å². The molecule has 3 unspecified atom stereocenters. The second kappa shape index (κ2) is 7.70. The predicted octanol–water partition coefficient (Wildman–Crippen LogP) is 2.98. The Morgan fingerprint density at radius 2 is 2.05 bits per heavy atom. The van der Waals surface area contributed by atoms with Gasteiger partial charge in [0.2, 0.25) is 5.91 Å². The van der Waals surface area contributed by atoms with E-state index in [1.807, 2.05) is 37.3 Å². The van der Waals surface area contributed by atoms with Crippen LogP contribution >= 0.6 is 11.8 Å². The number of hydrogen-bond acceptors (Lipinski definition) is 3. The van der Waals surface area contributed by atoms with Crippen LogP contribution in [0.1, 0.15) is 39.0 Å². The lowest BCUT2D eigenvalue weighted by Crippen LogP contribution is -2.47. The van der Waals surface area contributed by atoms with Crippen molar-refractivity contribution in [2.75, 3.05) is 0 Å². The van der Waals surface area contributed by atoms with Crippen molar-refractivity contribution in [3.05, 3.63) is 30.3 Å². The van der Waals surface area contributed by atoms with Crippen LogP contribution in [0.2, 0.25) is 0 Å². The molecule has 2 rings (SSSR count). The van der Waals surface area contributed by atoms with Gasteiger partial charge in [-0.2, -0.15) is 0 Å². The summed E-state index contributed by atoms with van der Waals surface area (Å²) in [5.74, 6) is 0.0484. The fraction of sp³-hybridized carbons (Fsp3) is 0.562. The van der Waals surface area contributed by atoms with E-state index in [1.165, 1.54) is 0 Å². The zero-order valence-electron chi connectivity index (χ0n) is 11.9. The molecule has 3 atom stereocenters. The standard InChI is InChI=1S/C16H23NO2S/c1-2-15(20-12-8-4-3-5-9-12)16(19)17-13-10-6-7-11-14(13)18/h3-5,8-9,13-15,18H,2,6-7,10-11H2,1H3,(H,17,19). The number of carbonyl (C=O) groups is 1. The Balaban J connectivity index is 1.91. The normalized spacial score (nSPS) is 24.1. The van der Waals surface area contributed by atoms with Crippen LogP contribution in [0.3, 0.4) is 0 Å². The van der Waals surface area contributed by atoms with Gasteiger partial charge in [-0.15, -0.1) is 11.8 Å². The molecule has 0 radical (unpaired) electrons. The Morgan fingerprint density at radius 3 is 2.70 bits per heavy atom. The molecule has 2 N–H and O–H groups in total. The van der Waals surface area contributed by atoms with Gasteiger partial charge in [0.05, 0.1) is 17.4 Å². The molecule has 0 aliphatic heterocycles. The second-order valence-corrected chi connectivity index (χ2v) is 6.57. The molecular formula is C16H23NO2S. The van der Waals surface area contributed by atoms with Gasteiger partial charge in [0.15, 0.2) is 0 Å².